The second kappa shape index (κ2) is 5.17. The lowest BCUT2D eigenvalue weighted by Gasteiger charge is -2.07. The molecule has 2 nitrogen and oxygen atoms in total. The van der Waals surface area contributed by atoms with E-state index in [0.717, 1.165) is 36.1 Å². The molecular formula is C15H19NO. The Kier molecular flexibility index (Phi) is 3.62. The Bertz CT molecular complexity index is 460. The van der Waals surface area contributed by atoms with Crippen molar-refractivity contribution in [3.05, 3.63) is 35.4 Å². The second-order valence-electron chi connectivity index (χ2n) is 4.63. The number of benzene rings is 1. The summed E-state index contributed by atoms with van der Waals surface area (Å²) >= 11 is 0. The first kappa shape index (κ1) is 11.9. The van der Waals surface area contributed by atoms with Crippen molar-refractivity contribution in [3.63, 3.8) is 0 Å². The molecule has 0 saturated carbocycles. The third kappa shape index (κ3) is 2.57. The Morgan fingerprint density at radius 2 is 2.12 bits per heavy atom. The van der Waals surface area contributed by atoms with Gasteiger partial charge in [-0.3, -0.25) is 4.79 Å². The van der Waals surface area contributed by atoms with Gasteiger partial charge in [0.25, 0.3) is 0 Å². The van der Waals surface area contributed by atoms with E-state index < -0.39 is 0 Å². The van der Waals surface area contributed by atoms with E-state index in [4.69, 9.17) is 5.73 Å². The first-order valence-electron chi connectivity index (χ1n) is 6.33. The molecule has 0 unspecified atom stereocenters. The van der Waals surface area contributed by atoms with Crippen LogP contribution >= 0.6 is 0 Å². The second-order valence-corrected chi connectivity index (χ2v) is 4.63. The fourth-order valence-corrected chi connectivity index (χ4v) is 2.41. The number of Topliss-reactive ketones (excluding diaryl/α,β-unsaturated/α-hetero) is 1. The van der Waals surface area contributed by atoms with Crippen molar-refractivity contribution in [2.24, 2.45) is 0 Å². The topological polar surface area (TPSA) is 43.1 Å². The molecule has 0 atom stereocenters. The van der Waals surface area contributed by atoms with Crippen molar-refractivity contribution in [2.45, 2.75) is 39.0 Å². The summed E-state index contributed by atoms with van der Waals surface area (Å²) in [4.78, 5) is 12.0. The Morgan fingerprint density at radius 3 is 2.82 bits per heavy atom. The highest BCUT2D eigenvalue weighted by molar-refractivity contribution is 6.23. The first-order valence-corrected chi connectivity index (χ1v) is 6.33. The largest absolute Gasteiger partial charge is 0.399 e. The number of ketones is 1. The van der Waals surface area contributed by atoms with Gasteiger partial charge in [-0.15, -0.1) is 0 Å². The first-order chi connectivity index (χ1) is 8.22. The number of rotatable bonds is 4. The maximum atomic E-state index is 12.0. The number of allylic oxidation sites excluding steroid dienone is 2. The fourth-order valence-electron chi connectivity index (χ4n) is 2.41. The normalized spacial score (nSPS) is 15.7. The summed E-state index contributed by atoms with van der Waals surface area (Å²) in [5.74, 6) is 0.279. The average molecular weight is 229 g/mol. The Balaban J connectivity index is 2.35. The van der Waals surface area contributed by atoms with Gasteiger partial charge in [-0.25, -0.2) is 0 Å². The summed E-state index contributed by atoms with van der Waals surface area (Å²) in [5.41, 5.74) is 9.77. The number of nitrogens with two attached hydrogens (primary N) is 1. The van der Waals surface area contributed by atoms with Gasteiger partial charge in [-0.05, 0) is 37.0 Å². The van der Waals surface area contributed by atoms with Crippen molar-refractivity contribution >= 4 is 17.0 Å². The standard InChI is InChI=1S/C15H19NO/c1-2-3-5-11-8-9-14(17)15(11)12-6-4-7-13(16)10-12/h4,6-7,10H,2-3,5,8-9,16H2,1H3. The van der Waals surface area contributed by atoms with Crippen LogP contribution in [0.15, 0.2) is 29.8 Å². The highest BCUT2D eigenvalue weighted by Gasteiger charge is 2.23. The molecule has 0 spiro atoms. The zero-order valence-corrected chi connectivity index (χ0v) is 10.3. The summed E-state index contributed by atoms with van der Waals surface area (Å²) in [5, 5.41) is 0. The van der Waals surface area contributed by atoms with Gasteiger partial charge in [0.2, 0.25) is 0 Å². The predicted molar refractivity (Wildman–Crippen MR) is 71.5 cm³/mol. The van der Waals surface area contributed by atoms with E-state index in [1.165, 1.54) is 12.0 Å². The lowest BCUT2D eigenvalue weighted by molar-refractivity contribution is -0.113. The summed E-state index contributed by atoms with van der Waals surface area (Å²) in [6.45, 7) is 2.18. The van der Waals surface area contributed by atoms with Gasteiger partial charge in [0.05, 0.1) is 0 Å². The fraction of sp³-hybridized carbons (Fsp3) is 0.400. The number of hydrogen-bond acceptors (Lipinski definition) is 2. The van der Waals surface area contributed by atoms with E-state index in [1.807, 2.05) is 24.3 Å². The smallest absolute Gasteiger partial charge is 0.163 e. The number of hydrogen-bond donors (Lipinski definition) is 1. The minimum atomic E-state index is 0.279. The molecule has 90 valence electrons. The Labute approximate surface area is 103 Å². The summed E-state index contributed by atoms with van der Waals surface area (Å²) in [7, 11) is 0. The molecule has 17 heavy (non-hydrogen) atoms. The maximum absolute atomic E-state index is 12.0. The monoisotopic (exact) mass is 229 g/mol. The summed E-state index contributed by atoms with van der Waals surface area (Å²) in [6, 6.07) is 7.67. The van der Waals surface area contributed by atoms with Gasteiger partial charge >= 0.3 is 0 Å². The van der Waals surface area contributed by atoms with Crippen LogP contribution in [0.5, 0.6) is 0 Å². The molecule has 0 amide bonds. The molecule has 1 aromatic carbocycles. The molecule has 0 saturated heterocycles. The van der Waals surface area contributed by atoms with Crippen LogP contribution in [0.2, 0.25) is 0 Å². The van der Waals surface area contributed by atoms with Gasteiger partial charge in [0.15, 0.2) is 5.78 Å². The van der Waals surface area contributed by atoms with Gasteiger partial charge in [-0.1, -0.05) is 31.1 Å². The average Bonchev–Trinajstić information content (AvgIpc) is 2.68. The maximum Gasteiger partial charge on any atom is 0.163 e. The van der Waals surface area contributed by atoms with Crippen molar-refractivity contribution in [2.75, 3.05) is 5.73 Å². The Hall–Kier alpha value is -1.57. The molecule has 0 radical (unpaired) electrons. The van der Waals surface area contributed by atoms with E-state index in [0.29, 0.717) is 6.42 Å². The van der Waals surface area contributed by atoms with E-state index in [-0.39, 0.29) is 5.78 Å². The summed E-state index contributed by atoms with van der Waals surface area (Å²) in [6.07, 6.45) is 4.98. The minimum absolute atomic E-state index is 0.279. The molecule has 0 heterocycles. The van der Waals surface area contributed by atoms with Crippen LogP contribution in [0.3, 0.4) is 0 Å². The lowest BCUT2D eigenvalue weighted by Crippen LogP contribution is -1.97. The van der Waals surface area contributed by atoms with Crippen LogP contribution in [0.1, 0.15) is 44.6 Å². The van der Waals surface area contributed by atoms with Crippen molar-refractivity contribution in [3.8, 4) is 0 Å². The Morgan fingerprint density at radius 1 is 1.29 bits per heavy atom. The molecule has 0 bridgehead atoms. The van der Waals surface area contributed by atoms with E-state index >= 15 is 0 Å². The van der Waals surface area contributed by atoms with Crippen LogP contribution in [0.25, 0.3) is 5.57 Å². The van der Waals surface area contributed by atoms with Crippen LogP contribution < -0.4 is 5.73 Å². The molecule has 1 aliphatic carbocycles. The van der Waals surface area contributed by atoms with Crippen molar-refractivity contribution in [1.29, 1.82) is 0 Å². The van der Waals surface area contributed by atoms with Gasteiger partial charge in [-0.2, -0.15) is 0 Å². The number of carbonyl (C=O) groups is 1. The summed E-state index contributed by atoms with van der Waals surface area (Å²) < 4.78 is 0. The van der Waals surface area contributed by atoms with Gasteiger partial charge < -0.3 is 5.73 Å². The zero-order valence-electron chi connectivity index (χ0n) is 10.3. The molecule has 2 rings (SSSR count). The molecule has 1 aromatic rings. The molecule has 0 aromatic heterocycles. The van der Waals surface area contributed by atoms with E-state index in [1.54, 1.807) is 0 Å². The number of nitrogen functional groups attached to an aromatic ring is 1. The molecule has 1 aliphatic rings. The highest BCUT2D eigenvalue weighted by atomic mass is 16.1. The van der Waals surface area contributed by atoms with Crippen molar-refractivity contribution < 1.29 is 4.79 Å². The van der Waals surface area contributed by atoms with E-state index in [2.05, 4.69) is 6.92 Å². The third-order valence-corrected chi connectivity index (χ3v) is 3.29. The number of carbonyl (C=O) groups excluding carboxylic acids is 1. The third-order valence-electron chi connectivity index (χ3n) is 3.29. The molecule has 2 N–H and O–H groups in total. The van der Waals surface area contributed by atoms with E-state index in [9.17, 15) is 4.79 Å². The van der Waals surface area contributed by atoms with Crippen molar-refractivity contribution in [1.82, 2.24) is 0 Å². The number of anilines is 1. The van der Waals surface area contributed by atoms with Crippen LogP contribution in [-0.2, 0) is 4.79 Å². The molecular weight excluding hydrogens is 210 g/mol. The van der Waals surface area contributed by atoms with Gasteiger partial charge in [0, 0.05) is 17.7 Å². The molecule has 2 heteroatoms. The quantitative estimate of drug-likeness (QED) is 0.802. The molecule has 0 fully saturated rings. The lowest BCUT2D eigenvalue weighted by atomic mass is 9.98. The predicted octanol–water partition coefficient (Wildman–Crippen LogP) is 3.58. The van der Waals surface area contributed by atoms with Crippen LogP contribution in [-0.4, -0.2) is 5.78 Å². The van der Waals surface area contributed by atoms with Crippen LogP contribution in [0.4, 0.5) is 5.69 Å². The molecule has 0 aliphatic heterocycles. The SMILES string of the molecule is CCCCC1=C(c2cccc(N)c2)C(=O)CC1. The van der Waals surface area contributed by atoms with Gasteiger partial charge in [0.1, 0.15) is 0 Å². The highest BCUT2D eigenvalue weighted by Crippen LogP contribution is 2.34. The van der Waals surface area contributed by atoms with Crippen LogP contribution in [0, 0.1) is 0 Å². The minimum Gasteiger partial charge on any atom is -0.399 e. The number of unbranched alkanes of at least 4 members (excludes halogenated alkanes) is 1. The zero-order chi connectivity index (χ0) is 12.3.